The summed E-state index contributed by atoms with van der Waals surface area (Å²) in [6.07, 6.45) is 2.52. The number of carbonyl (C=O) groups is 1. The molecule has 25 heavy (non-hydrogen) atoms. The zero-order chi connectivity index (χ0) is 17.9. The first-order valence-electron chi connectivity index (χ1n) is 9.45. The summed E-state index contributed by atoms with van der Waals surface area (Å²) in [4.78, 5) is 15.2. The van der Waals surface area contributed by atoms with Crippen molar-refractivity contribution in [2.24, 2.45) is 11.3 Å². The minimum absolute atomic E-state index is 0.0144. The SMILES string of the molecule is CC1(C)CCNCC1C(=O)Nc1ccccc1CN1CCC(O)CC1. The molecule has 1 atom stereocenters. The summed E-state index contributed by atoms with van der Waals surface area (Å²) in [6, 6.07) is 8.08. The molecule has 0 aromatic heterocycles. The van der Waals surface area contributed by atoms with Gasteiger partial charge >= 0.3 is 0 Å². The van der Waals surface area contributed by atoms with E-state index in [4.69, 9.17) is 0 Å². The fraction of sp³-hybridized carbons (Fsp3) is 0.650. The van der Waals surface area contributed by atoms with Crippen LogP contribution in [0, 0.1) is 11.3 Å². The molecule has 5 heteroatoms. The summed E-state index contributed by atoms with van der Waals surface area (Å²) in [6.45, 7) is 8.72. The lowest BCUT2D eigenvalue weighted by atomic mass is 9.73. The van der Waals surface area contributed by atoms with E-state index in [0.717, 1.165) is 63.2 Å². The second kappa shape index (κ2) is 7.85. The normalized spacial score (nSPS) is 24.8. The highest BCUT2D eigenvalue weighted by Crippen LogP contribution is 2.34. The molecular weight excluding hydrogens is 314 g/mol. The Kier molecular flexibility index (Phi) is 5.77. The van der Waals surface area contributed by atoms with Gasteiger partial charge in [0.2, 0.25) is 5.91 Å². The summed E-state index contributed by atoms with van der Waals surface area (Å²) in [5.41, 5.74) is 2.08. The number of aliphatic hydroxyl groups excluding tert-OH is 1. The van der Waals surface area contributed by atoms with Crippen LogP contribution in [-0.4, -0.2) is 48.2 Å². The maximum Gasteiger partial charge on any atom is 0.229 e. The van der Waals surface area contributed by atoms with E-state index in [-0.39, 0.29) is 23.3 Å². The van der Waals surface area contributed by atoms with Crippen LogP contribution in [0.5, 0.6) is 0 Å². The van der Waals surface area contributed by atoms with Gasteiger partial charge in [0.05, 0.1) is 12.0 Å². The Balaban J connectivity index is 1.67. The fourth-order valence-electron chi connectivity index (χ4n) is 3.87. The summed E-state index contributed by atoms with van der Waals surface area (Å²) in [5.74, 6) is 0.0955. The van der Waals surface area contributed by atoms with Crippen LogP contribution >= 0.6 is 0 Å². The summed E-state index contributed by atoms with van der Waals surface area (Å²) in [5, 5.41) is 16.2. The molecule has 5 nitrogen and oxygen atoms in total. The monoisotopic (exact) mass is 345 g/mol. The average Bonchev–Trinajstić information content (AvgIpc) is 2.58. The number of anilines is 1. The van der Waals surface area contributed by atoms with Crippen molar-refractivity contribution in [3.63, 3.8) is 0 Å². The van der Waals surface area contributed by atoms with Crippen LogP contribution in [0.4, 0.5) is 5.69 Å². The van der Waals surface area contributed by atoms with Crippen LogP contribution in [0.1, 0.15) is 38.7 Å². The maximum absolute atomic E-state index is 12.9. The topological polar surface area (TPSA) is 64.6 Å². The van der Waals surface area contributed by atoms with Gasteiger partial charge in [0, 0.05) is 31.9 Å². The number of nitrogens with zero attached hydrogens (tertiary/aromatic N) is 1. The number of likely N-dealkylation sites (tertiary alicyclic amines) is 1. The molecular formula is C20H31N3O2. The molecule has 1 amide bonds. The van der Waals surface area contributed by atoms with Crippen molar-refractivity contribution in [2.75, 3.05) is 31.5 Å². The van der Waals surface area contributed by atoms with Crippen LogP contribution in [0.2, 0.25) is 0 Å². The van der Waals surface area contributed by atoms with Crippen molar-refractivity contribution in [1.82, 2.24) is 10.2 Å². The number of benzene rings is 1. The average molecular weight is 345 g/mol. The van der Waals surface area contributed by atoms with Crippen molar-refractivity contribution in [3.8, 4) is 0 Å². The Hall–Kier alpha value is -1.43. The standard InChI is InChI=1S/C20H31N3O2/c1-20(2)9-10-21-13-17(20)19(25)22-18-6-4-3-5-15(18)14-23-11-7-16(24)8-12-23/h3-6,16-17,21,24H,7-14H2,1-2H3,(H,22,25). The van der Waals surface area contributed by atoms with E-state index in [1.54, 1.807) is 0 Å². The lowest BCUT2D eigenvalue weighted by Gasteiger charge is -2.38. The van der Waals surface area contributed by atoms with Crippen molar-refractivity contribution in [1.29, 1.82) is 0 Å². The van der Waals surface area contributed by atoms with Gasteiger partial charge in [0.15, 0.2) is 0 Å². The van der Waals surface area contributed by atoms with Gasteiger partial charge < -0.3 is 15.7 Å². The van der Waals surface area contributed by atoms with Crippen LogP contribution < -0.4 is 10.6 Å². The fourth-order valence-corrected chi connectivity index (χ4v) is 3.87. The van der Waals surface area contributed by atoms with Gasteiger partial charge in [-0.25, -0.2) is 0 Å². The predicted octanol–water partition coefficient (Wildman–Crippen LogP) is 2.22. The minimum atomic E-state index is -0.160. The summed E-state index contributed by atoms with van der Waals surface area (Å²) in [7, 11) is 0. The molecule has 3 rings (SSSR count). The molecule has 0 aliphatic carbocycles. The number of hydrogen-bond acceptors (Lipinski definition) is 4. The Morgan fingerprint density at radius 3 is 2.76 bits per heavy atom. The van der Waals surface area contributed by atoms with Crippen LogP contribution in [-0.2, 0) is 11.3 Å². The number of rotatable bonds is 4. The van der Waals surface area contributed by atoms with Crippen LogP contribution in [0.25, 0.3) is 0 Å². The van der Waals surface area contributed by atoms with Gasteiger partial charge in [-0.1, -0.05) is 32.0 Å². The Morgan fingerprint density at radius 2 is 2.04 bits per heavy atom. The van der Waals surface area contributed by atoms with E-state index in [1.807, 2.05) is 18.2 Å². The number of carbonyl (C=O) groups excluding carboxylic acids is 1. The highest BCUT2D eigenvalue weighted by atomic mass is 16.3. The number of amides is 1. The van der Waals surface area contributed by atoms with Crippen molar-refractivity contribution in [2.45, 2.75) is 45.8 Å². The van der Waals surface area contributed by atoms with Crippen molar-refractivity contribution < 1.29 is 9.90 Å². The first-order chi connectivity index (χ1) is 12.0. The third-order valence-electron chi connectivity index (χ3n) is 5.78. The predicted molar refractivity (Wildman–Crippen MR) is 100 cm³/mol. The quantitative estimate of drug-likeness (QED) is 0.783. The molecule has 0 saturated carbocycles. The van der Waals surface area contributed by atoms with Crippen LogP contribution in [0.15, 0.2) is 24.3 Å². The second-order valence-electron chi connectivity index (χ2n) is 8.15. The molecule has 0 spiro atoms. The van der Waals surface area contributed by atoms with Gasteiger partial charge in [-0.05, 0) is 42.9 Å². The molecule has 2 aliphatic heterocycles. The smallest absolute Gasteiger partial charge is 0.229 e. The molecule has 138 valence electrons. The molecule has 1 aromatic rings. The molecule has 0 bridgehead atoms. The number of para-hydroxylation sites is 1. The van der Waals surface area contributed by atoms with Gasteiger partial charge in [-0.3, -0.25) is 9.69 Å². The molecule has 1 aromatic carbocycles. The molecule has 3 N–H and O–H groups in total. The second-order valence-corrected chi connectivity index (χ2v) is 8.15. The van der Waals surface area contributed by atoms with E-state index in [2.05, 4.69) is 35.4 Å². The zero-order valence-corrected chi connectivity index (χ0v) is 15.4. The van der Waals surface area contributed by atoms with E-state index >= 15 is 0 Å². The Labute approximate surface area is 150 Å². The van der Waals surface area contributed by atoms with Gasteiger partial charge in [-0.15, -0.1) is 0 Å². The highest BCUT2D eigenvalue weighted by Gasteiger charge is 2.37. The molecule has 1 unspecified atom stereocenters. The molecule has 2 fully saturated rings. The Morgan fingerprint density at radius 1 is 1.32 bits per heavy atom. The van der Waals surface area contributed by atoms with Crippen molar-refractivity contribution in [3.05, 3.63) is 29.8 Å². The molecule has 0 radical (unpaired) electrons. The molecule has 2 saturated heterocycles. The largest absolute Gasteiger partial charge is 0.393 e. The van der Waals surface area contributed by atoms with E-state index in [9.17, 15) is 9.90 Å². The lowest BCUT2D eigenvalue weighted by Crippen LogP contribution is -2.47. The third kappa shape index (κ3) is 4.60. The van der Waals surface area contributed by atoms with E-state index < -0.39 is 0 Å². The lowest BCUT2D eigenvalue weighted by molar-refractivity contribution is -0.124. The highest BCUT2D eigenvalue weighted by molar-refractivity contribution is 5.94. The van der Waals surface area contributed by atoms with Crippen molar-refractivity contribution >= 4 is 11.6 Å². The van der Waals surface area contributed by atoms with Gasteiger partial charge in [0.25, 0.3) is 0 Å². The van der Waals surface area contributed by atoms with E-state index in [1.165, 1.54) is 0 Å². The number of aliphatic hydroxyl groups is 1. The number of nitrogens with one attached hydrogen (secondary N) is 2. The van der Waals surface area contributed by atoms with Gasteiger partial charge in [-0.2, -0.15) is 0 Å². The molecule has 2 aliphatic rings. The Bertz CT molecular complexity index is 594. The van der Waals surface area contributed by atoms with E-state index in [0.29, 0.717) is 0 Å². The third-order valence-corrected chi connectivity index (χ3v) is 5.78. The zero-order valence-electron chi connectivity index (χ0n) is 15.4. The summed E-state index contributed by atoms with van der Waals surface area (Å²) < 4.78 is 0. The van der Waals surface area contributed by atoms with Gasteiger partial charge in [0.1, 0.15) is 0 Å². The van der Waals surface area contributed by atoms with Crippen LogP contribution in [0.3, 0.4) is 0 Å². The molecule has 2 heterocycles. The number of hydrogen-bond donors (Lipinski definition) is 3. The first kappa shape index (κ1) is 18.4. The maximum atomic E-state index is 12.9. The summed E-state index contributed by atoms with van der Waals surface area (Å²) >= 11 is 0. The first-order valence-corrected chi connectivity index (χ1v) is 9.45. The number of piperidine rings is 2. The minimum Gasteiger partial charge on any atom is -0.393 e.